The van der Waals surface area contributed by atoms with E-state index in [1.54, 1.807) is 24.3 Å². The second-order valence-electron chi connectivity index (χ2n) is 12.7. The van der Waals surface area contributed by atoms with Crippen LogP contribution in [-0.4, -0.2) is 68.2 Å². The lowest BCUT2D eigenvalue weighted by Crippen LogP contribution is -2.42. The molecule has 9 heteroatoms. The van der Waals surface area contributed by atoms with Gasteiger partial charge in [0.1, 0.15) is 6.10 Å². The Morgan fingerprint density at radius 3 is 2.06 bits per heavy atom. The van der Waals surface area contributed by atoms with Crippen LogP contribution in [0.1, 0.15) is 30.1 Å². The Bertz CT molecular complexity index is 1960. The minimum atomic E-state index is -0.477. The SMILES string of the molecule is CCNCC(=O)Nc1cccc(C(=O)NCCN2CCC(OC(=O)Nc3cccc(-c4ccccc4)c3-c3ccccc3-c3ccccc3)CC2)c1. The van der Waals surface area contributed by atoms with Crippen molar-refractivity contribution in [2.24, 2.45) is 0 Å². The highest BCUT2D eigenvalue weighted by molar-refractivity contribution is 6.02. The molecule has 5 aromatic rings. The summed E-state index contributed by atoms with van der Waals surface area (Å²) in [4.78, 5) is 40.5. The summed E-state index contributed by atoms with van der Waals surface area (Å²) in [6.07, 6.45) is 0.705. The molecule has 6 rings (SSSR count). The zero-order valence-corrected chi connectivity index (χ0v) is 29.4. The molecule has 0 saturated carbocycles. The fourth-order valence-electron chi connectivity index (χ4n) is 6.53. The lowest BCUT2D eigenvalue weighted by Gasteiger charge is -2.31. The van der Waals surface area contributed by atoms with E-state index in [9.17, 15) is 14.4 Å². The van der Waals surface area contributed by atoms with E-state index in [4.69, 9.17) is 4.74 Å². The Kier molecular flexibility index (Phi) is 12.4. The molecule has 0 atom stereocenters. The number of likely N-dealkylation sites (N-methyl/N-ethyl adjacent to an activating group) is 1. The summed E-state index contributed by atoms with van der Waals surface area (Å²) < 4.78 is 5.98. The quantitative estimate of drug-likeness (QED) is 0.101. The fourth-order valence-corrected chi connectivity index (χ4v) is 6.53. The Labute approximate surface area is 305 Å². The van der Waals surface area contributed by atoms with E-state index < -0.39 is 6.09 Å². The van der Waals surface area contributed by atoms with Gasteiger partial charge in [-0.25, -0.2) is 4.79 Å². The van der Waals surface area contributed by atoms with Crippen LogP contribution in [0.15, 0.2) is 127 Å². The highest BCUT2D eigenvalue weighted by Crippen LogP contribution is 2.42. The normalized spacial score (nSPS) is 13.2. The predicted octanol–water partition coefficient (Wildman–Crippen LogP) is 7.68. The standard InChI is InChI=1S/C43H45N5O4/c1-2-44-30-40(49)46-34-18-11-17-33(29-34)42(50)45-25-28-48-26-23-35(24-27-48)52-43(51)47-39-22-12-21-37(32-15-7-4-8-16-32)41(39)38-20-10-9-19-36(38)31-13-5-3-6-14-31/h3-22,29,35,44H,2,23-28,30H2,1H3,(H,45,50)(H,46,49)(H,47,51). The molecule has 0 unspecified atom stereocenters. The largest absolute Gasteiger partial charge is 0.446 e. The summed E-state index contributed by atoms with van der Waals surface area (Å²) in [6, 6.07) is 41.6. The fraction of sp³-hybridized carbons (Fsp3) is 0.233. The van der Waals surface area contributed by atoms with Crippen LogP contribution < -0.4 is 21.3 Å². The van der Waals surface area contributed by atoms with Crippen LogP contribution in [0.2, 0.25) is 0 Å². The van der Waals surface area contributed by atoms with Gasteiger partial charge in [-0.1, -0.05) is 110 Å². The molecule has 52 heavy (non-hydrogen) atoms. The number of hydrogen-bond acceptors (Lipinski definition) is 6. The minimum Gasteiger partial charge on any atom is -0.446 e. The number of anilines is 2. The van der Waals surface area contributed by atoms with E-state index in [1.807, 2.05) is 67.6 Å². The lowest BCUT2D eigenvalue weighted by atomic mass is 9.88. The first-order chi connectivity index (χ1) is 25.5. The van der Waals surface area contributed by atoms with Crippen molar-refractivity contribution < 1.29 is 19.1 Å². The molecule has 9 nitrogen and oxygen atoms in total. The number of nitrogens with one attached hydrogen (secondary N) is 4. The van der Waals surface area contributed by atoms with Crippen molar-refractivity contribution in [1.82, 2.24) is 15.5 Å². The summed E-state index contributed by atoms with van der Waals surface area (Å²) in [5, 5.41) is 11.9. The highest BCUT2D eigenvalue weighted by Gasteiger charge is 2.24. The topological polar surface area (TPSA) is 112 Å². The van der Waals surface area contributed by atoms with Crippen LogP contribution in [-0.2, 0) is 9.53 Å². The molecule has 3 amide bonds. The molecule has 1 heterocycles. The molecule has 0 aliphatic carbocycles. The summed E-state index contributed by atoms with van der Waals surface area (Å²) in [5.74, 6) is -0.351. The lowest BCUT2D eigenvalue weighted by molar-refractivity contribution is -0.115. The van der Waals surface area contributed by atoms with Gasteiger partial charge in [-0.15, -0.1) is 0 Å². The molecular formula is C43H45N5O4. The molecule has 0 bridgehead atoms. The number of carbonyl (C=O) groups excluding carboxylic acids is 3. The molecule has 266 valence electrons. The summed E-state index contributed by atoms with van der Waals surface area (Å²) in [6.45, 7) is 5.51. The maximum Gasteiger partial charge on any atom is 0.411 e. The van der Waals surface area contributed by atoms with Gasteiger partial charge < -0.3 is 25.6 Å². The van der Waals surface area contributed by atoms with Crippen LogP contribution in [0.25, 0.3) is 33.4 Å². The van der Waals surface area contributed by atoms with Crippen LogP contribution in [0.5, 0.6) is 0 Å². The average Bonchev–Trinajstić information content (AvgIpc) is 3.18. The molecular weight excluding hydrogens is 651 g/mol. The van der Waals surface area contributed by atoms with E-state index in [2.05, 4.69) is 68.6 Å². The molecule has 1 fully saturated rings. The zero-order chi connectivity index (χ0) is 36.1. The van der Waals surface area contributed by atoms with Crippen LogP contribution in [0.3, 0.4) is 0 Å². The summed E-state index contributed by atoms with van der Waals surface area (Å²) in [7, 11) is 0. The van der Waals surface area contributed by atoms with Gasteiger partial charge in [0.05, 0.1) is 12.2 Å². The highest BCUT2D eigenvalue weighted by atomic mass is 16.6. The third-order valence-corrected chi connectivity index (χ3v) is 9.13. The number of piperidine rings is 1. The first-order valence-electron chi connectivity index (χ1n) is 17.9. The Morgan fingerprint density at radius 2 is 1.35 bits per heavy atom. The monoisotopic (exact) mass is 695 g/mol. The second kappa shape index (κ2) is 17.9. The molecule has 0 radical (unpaired) electrons. The third kappa shape index (κ3) is 9.51. The molecule has 1 aliphatic heterocycles. The van der Waals surface area contributed by atoms with E-state index >= 15 is 0 Å². The van der Waals surface area contributed by atoms with Crippen molar-refractivity contribution >= 4 is 29.3 Å². The number of benzene rings is 5. The zero-order valence-electron chi connectivity index (χ0n) is 29.4. The third-order valence-electron chi connectivity index (χ3n) is 9.13. The molecule has 1 saturated heterocycles. The van der Waals surface area contributed by atoms with Gasteiger partial charge in [0, 0.05) is 43.0 Å². The molecule has 5 aromatic carbocycles. The summed E-state index contributed by atoms with van der Waals surface area (Å²) in [5.41, 5.74) is 7.94. The summed E-state index contributed by atoms with van der Waals surface area (Å²) >= 11 is 0. The Morgan fingerprint density at radius 1 is 0.712 bits per heavy atom. The maximum absolute atomic E-state index is 13.4. The Hall–Kier alpha value is -5.77. The van der Waals surface area contributed by atoms with Crippen LogP contribution >= 0.6 is 0 Å². The number of ether oxygens (including phenoxy) is 1. The van der Waals surface area contributed by atoms with Crippen molar-refractivity contribution in [2.45, 2.75) is 25.9 Å². The number of amides is 3. The van der Waals surface area contributed by atoms with Gasteiger partial charge in [0.15, 0.2) is 0 Å². The van der Waals surface area contributed by atoms with E-state index in [1.165, 1.54) is 0 Å². The number of hydrogen-bond donors (Lipinski definition) is 4. The first kappa shape index (κ1) is 36.0. The number of likely N-dealkylation sites (tertiary alicyclic amines) is 1. The van der Waals surface area contributed by atoms with Crippen molar-refractivity contribution in [1.29, 1.82) is 0 Å². The van der Waals surface area contributed by atoms with Gasteiger partial charge in [0.25, 0.3) is 5.91 Å². The smallest absolute Gasteiger partial charge is 0.411 e. The molecule has 0 aromatic heterocycles. The number of rotatable bonds is 13. The average molecular weight is 696 g/mol. The van der Waals surface area contributed by atoms with E-state index in [0.29, 0.717) is 49.4 Å². The minimum absolute atomic E-state index is 0.157. The van der Waals surface area contributed by atoms with Gasteiger partial charge in [-0.3, -0.25) is 14.9 Å². The van der Waals surface area contributed by atoms with Gasteiger partial charge >= 0.3 is 6.09 Å². The van der Waals surface area contributed by atoms with Crippen LogP contribution in [0, 0.1) is 0 Å². The van der Waals surface area contributed by atoms with E-state index in [-0.39, 0.29) is 24.5 Å². The maximum atomic E-state index is 13.4. The molecule has 0 spiro atoms. The Balaban J connectivity index is 1.05. The second-order valence-corrected chi connectivity index (χ2v) is 12.7. The predicted molar refractivity (Wildman–Crippen MR) is 208 cm³/mol. The van der Waals surface area contributed by atoms with Gasteiger partial charge in [-0.2, -0.15) is 0 Å². The van der Waals surface area contributed by atoms with Crippen molar-refractivity contribution in [3.05, 3.63) is 133 Å². The van der Waals surface area contributed by atoms with Crippen molar-refractivity contribution in [3.63, 3.8) is 0 Å². The van der Waals surface area contributed by atoms with Crippen LogP contribution in [0.4, 0.5) is 16.2 Å². The van der Waals surface area contributed by atoms with E-state index in [0.717, 1.165) is 46.5 Å². The molecule has 1 aliphatic rings. The van der Waals surface area contributed by atoms with Crippen molar-refractivity contribution in [2.75, 3.05) is 49.9 Å². The first-order valence-corrected chi connectivity index (χ1v) is 17.9. The van der Waals surface area contributed by atoms with Crippen molar-refractivity contribution in [3.8, 4) is 33.4 Å². The van der Waals surface area contributed by atoms with Gasteiger partial charge in [-0.05, 0) is 71.5 Å². The van der Waals surface area contributed by atoms with Gasteiger partial charge in [0.2, 0.25) is 5.91 Å². The molecule has 4 N–H and O–H groups in total. The number of nitrogens with zero attached hydrogens (tertiary/aromatic N) is 1. The number of carbonyl (C=O) groups is 3.